The first-order chi connectivity index (χ1) is 7.15. The predicted octanol–water partition coefficient (Wildman–Crippen LogP) is 2.85. The molecule has 1 aliphatic rings. The molecule has 1 fully saturated rings. The van der Waals surface area contributed by atoms with Crippen LogP contribution in [0.25, 0.3) is 0 Å². The fourth-order valence-corrected chi connectivity index (χ4v) is 2.73. The number of aliphatic hydroxyl groups is 1. The molecule has 0 spiro atoms. The molecular formula is C13H26O2. The monoisotopic (exact) mass is 214 g/mol. The quantitative estimate of drug-likeness (QED) is 0.762. The van der Waals surface area contributed by atoms with E-state index >= 15 is 0 Å². The zero-order valence-electron chi connectivity index (χ0n) is 10.4. The fraction of sp³-hybridized carbons (Fsp3) is 1.00. The van der Waals surface area contributed by atoms with Crippen molar-refractivity contribution in [2.75, 3.05) is 13.7 Å². The van der Waals surface area contributed by atoms with Gasteiger partial charge in [0.05, 0.1) is 6.10 Å². The average molecular weight is 214 g/mol. The third kappa shape index (κ3) is 4.12. The first-order valence-electron chi connectivity index (χ1n) is 6.32. The summed E-state index contributed by atoms with van der Waals surface area (Å²) in [5.74, 6) is 1.70. The zero-order chi connectivity index (χ0) is 11.3. The third-order valence-corrected chi connectivity index (χ3v) is 3.82. The molecule has 4 unspecified atom stereocenters. The predicted molar refractivity (Wildman–Crippen MR) is 62.8 cm³/mol. The number of rotatable bonds is 5. The molecule has 0 amide bonds. The Labute approximate surface area is 94.0 Å². The number of ether oxygens (including phenoxy) is 1. The molecular weight excluding hydrogens is 188 g/mol. The van der Waals surface area contributed by atoms with E-state index in [9.17, 15) is 5.11 Å². The molecule has 0 aromatic carbocycles. The highest BCUT2D eigenvalue weighted by Gasteiger charge is 2.28. The molecule has 1 N–H and O–H groups in total. The van der Waals surface area contributed by atoms with Crippen molar-refractivity contribution in [1.29, 1.82) is 0 Å². The summed E-state index contributed by atoms with van der Waals surface area (Å²) in [5, 5.41) is 10.2. The largest absolute Gasteiger partial charge is 0.393 e. The van der Waals surface area contributed by atoms with Crippen LogP contribution in [-0.2, 0) is 4.74 Å². The van der Waals surface area contributed by atoms with E-state index in [4.69, 9.17) is 4.74 Å². The highest BCUT2D eigenvalue weighted by molar-refractivity contribution is 4.79. The first kappa shape index (κ1) is 13.0. The van der Waals surface area contributed by atoms with Gasteiger partial charge in [0, 0.05) is 13.7 Å². The summed E-state index contributed by atoms with van der Waals surface area (Å²) in [4.78, 5) is 0. The van der Waals surface area contributed by atoms with Crippen molar-refractivity contribution in [1.82, 2.24) is 0 Å². The van der Waals surface area contributed by atoms with Gasteiger partial charge in [-0.1, -0.05) is 26.7 Å². The fourth-order valence-electron chi connectivity index (χ4n) is 2.73. The zero-order valence-corrected chi connectivity index (χ0v) is 10.4. The van der Waals surface area contributed by atoms with Gasteiger partial charge in [0.2, 0.25) is 0 Å². The molecule has 1 rings (SSSR count). The highest BCUT2D eigenvalue weighted by Crippen LogP contribution is 2.33. The van der Waals surface area contributed by atoms with Gasteiger partial charge in [-0.05, 0) is 37.0 Å². The molecule has 90 valence electrons. The lowest BCUT2D eigenvalue weighted by Crippen LogP contribution is -2.31. The smallest absolute Gasteiger partial charge is 0.0594 e. The van der Waals surface area contributed by atoms with E-state index in [0.29, 0.717) is 11.8 Å². The Bertz CT molecular complexity index is 170. The molecule has 0 aliphatic heterocycles. The second-order valence-corrected chi connectivity index (χ2v) is 5.28. The lowest BCUT2D eigenvalue weighted by molar-refractivity contribution is 0.0186. The van der Waals surface area contributed by atoms with Crippen molar-refractivity contribution in [2.45, 2.75) is 52.1 Å². The van der Waals surface area contributed by atoms with Crippen LogP contribution < -0.4 is 0 Å². The molecule has 2 heteroatoms. The van der Waals surface area contributed by atoms with Gasteiger partial charge in [0.25, 0.3) is 0 Å². The van der Waals surface area contributed by atoms with Crippen molar-refractivity contribution < 1.29 is 9.84 Å². The normalized spacial score (nSPS) is 31.2. The van der Waals surface area contributed by atoms with Gasteiger partial charge in [-0.3, -0.25) is 0 Å². The summed E-state index contributed by atoms with van der Waals surface area (Å²) in [6.07, 6.45) is 5.90. The minimum absolute atomic E-state index is 0.122. The molecule has 0 aromatic heterocycles. The topological polar surface area (TPSA) is 29.5 Å². The summed E-state index contributed by atoms with van der Waals surface area (Å²) in [6, 6.07) is 0. The Balaban J connectivity index is 2.33. The van der Waals surface area contributed by atoms with Crippen molar-refractivity contribution in [2.24, 2.45) is 17.8 Å². The number of hydrogen-bond acceptors (Lipinski definition) is 2. The van der Waals surface area contributed by atoms with Crippen molar-refractivity contribution in [3.05, 3.63) is 0 Å². The van der Waals surface area contributed by atoms with Crippen LogP contribution in [0.4, 0.5) is 0 Å². The Morgan fingerprint density at radius 1 is 1.40 bits per heavy atom. The molecule has 0 bridgehead atoms. The number of methoxy groups -OCH3 is 1. The SMILES string of the molecule is COCCC(C)C(O)C1CCCC(C)C1. The van der Waals surface area contributed by atoms with Gasteiger partial charge < -0.3 is 9.84 Å². The summed E-state index contributed by atoms with van der Waals surface area (Å²) >= 11 is 0. The summed E-state index contributed by atoms with van der Waals surface area (Å²) in [7, 11) is 1.72. The van der Waals surface area contributed by atoms with Gasteiger partial charge in [-0.25, -0.2) is 0 Å². The van der Waals surface area contributed by atoms with Crippen LogP contribution in [0.1, 0.15) is 46.0 Å². The van der Waals surface area contributed by atoms with E-state index in [1.807, 2.05) is 0 Å². The summed E-state index contributed by atoms with van der Waals surface area (Å²) in [6.45, 7) is 5.21. The van der Waals surface area contributed by atoms with Crippen LogP contribution in [0.3, 0.4) is 0 Å². The highest BCUT2D eigenvalue weighted by atomic mass is 16.5. The lowest BCUT2D eigenvalue weighted by Gasteiger charge is -2.33. The van der Waals surface area contributed by atoms with Gasteiger partial charge >= 0.3 is 0 Å². The Morgan fingerprint density at radius 2 is 2.13 bits per heavy atom. The van der Waals surface area contributed by atoms with Crippen molar-refractivity contribution in [3.8, 4) is 0 Å². The summed E-state index contributed by atoms with van der Waals surface area (Å²) in [5.41, 5.74) is 0. The second-order valence-electron chi connectivity index (χ2n) is 5.28. The minimum atomic E-state index is -0.122. The van der Waals surface area contributed by atoms with E-state index in [-0.39, 0.29) is 6.10 Å². The van der Waals surface area contributed by atoms with E-state index in [1.165, 1.54) is 25.7 Å². The molecule has 1 saturated carbocycles. The van der Waals surface area contributed by atoms with Gasteiger partial charge in [0.15, 0.2) is 0 Å². The molecule has 15 heavy (non-hydrogen) atoms. The maximum absolute atomic E-state index is 10.2. The Kier molecular flexibility index (Phi) is 5.62. The number of hydrogen-bond donors (Lipinski definition) is 1. The second kappa shape index (κ2) is 6.49. The molecule has 2 nitrogen and oxygen atoms in total. The first-order valence-corrected chi connectivity index (χ1v) is 6.32. The molecule has 0 heterocycles. The number of aliphatic hydroxyl groups excluding tert-OH is 1. The molecule has 4 atom stereocenters. The minimum Gasteiger partial charge on any atom is -0.393 e. The lowest BCUT2D eigenvalue weighted by atomic mass is 9.76. The molecule has 0 radical (unpaired) electrons. The van der Waals surface area contributed by atoms with E-state index < -0.39 is 0 Å². The van der Waals surface area contributed by atoms with Crippen molar-refractivity contribution >= 4 is 0 Å². The van der Waals surface area contributed by atoms with Gasteiger partial charge in [-0.2, -0.15) is 0 Å². The van der Waals surface area contributed by atoms with E-state index in [1.54, 1.807) is 7.11 Å². The van der Waals surface area contributed by atoms with Crippen LogP contribution in [0.15, 0.2) is 0 Å². The van der Waals surface area contributed by atoms with Crippen molar-refractivity contribution in [3.63, 3.8) is 0 Å². The van der Waals surface area contributed by atoms with Crippen LogP contribution in [0.2, 0.25) is 0 Å². The van der Waals surface area contributed by atoms with Gasteiger partial charge in [0.1, 0.15) is 0 Å². The van der Waals surface area contributed by atoms with Crippen LogP contribution in [0.5, 0.6) is 0 Å². The van der Waals surface area contributed by atoms with E-state index in [2.05, 4.69) is 13.8 Å². The van der Waals surface area contributed by atoms with Crippen LogP contribution >= 0.6 is 0 Å². The molecule has 1 aliphatic carbocycles. The maximum Gasteiger partial charge on any atom is 0.0594 e. The molecule has 0 saturated heterocycles. The summed E-state index contributed by atoms with van der Waals surface area (Å²) < 4.78 is 5.06. The van der Waals surface area contributed by atoms with Crippen LogP contribution in [-0.4, -0.2) is 24.9 Å². The Morgan fingerprint density at radius 3 is 2.73 bits per heavy atom. The third-order valence-electron chi connectivity index (χ3n) is 3.82. The van der Waals surface area contributed by atoms with E-state index in [0.717, 1.165) is 18.9 Å². The standard InChI is InChI=1S/C13H26O2/c1-10-5-4-6-12(9-10)13(14)11(2)7-8-15-3/h10-14H,4-9H2,1-3H3. The average Bonchev–Trinajstić information content (AvgIpc) is 2.24. The maximum atomic E-state index is 10.2. The van der Waals surface area contributed by atoms with Gasteiger partial charge in [-0.15, -0.1) is 0 Å². The van der Waals surface area contributed by atoms with Crippen LogP contribution in [0, 0.1) is 17.8 Å². The Hall–Kier alpha value is -0.0800. The molecule has 0 aromatic rings.